The van der Waals surface area contributed by atoms with Gasteiger partial charge in [0.15, 0.2) is 0 Å². The maximum atomic E-state index is 11.8. The number of carboxylic acids is 1. The van der Waals surface area contributed by atoms with Crippen LogP contribution in [0.3, 0.4) is 0 Å². The molecule has 1 saturated heterocycles. The largest absolute Gasteiger partial charge is 0.480 e. The van der Waals surface area contributed by atoms with Crippen LogP contribution in [0.2, 0.25) is 0 Å². The van der Waals surface area contributed by atoms with Crippen molar-refractivity contribution in [2.24, 2.45) is 5.73 Å². The van der Waals surface area contributed by atoms with Crippen molar-refractivity contribution in [3.8, 4) is 0 Å². The van der Waals surface area contributed by atoms with E-state index >= 15 is 0 Å². The van der Waals surface area contributed by atoms with Gasteiger partial charge in [-0.1, -0.05) is 0 Å². The number of primary amides is 1. The van der Waals surface area contributed by atoms with Crippen LogP contribution in [0, 0.1) is 0 Å². The first-order valence-electron chi connectivity index (χ1n) is 5.62. The minimum atomic E-state index is -1.19. The smallest absolute Gasteiger partial charge is 0.323 e. The van der Waals surface area contributed by atoms with Crippen LogP contribution in [-0.4, -0.2) is 72.1 Å². The molecule has 1 fully saturated rings. The maximum absolute atomic E-state index is 11.8. The van der Waals surface area contributed by atoms with Crippen LogP contribution in [0.15, 0.2) is 0 Å². The third kappa shape index (κ3) is 4.58. The molecule has 1 rings (SSSR count). The van der Waals surface area contributed by atoms with Crippen molar-refractivity contribution in [3.05, 3.63) is 0 Å². The molecule has 1 aliphatic rings. The second kappa shape index (κ2) is 6.20. The van der Waals surface area contributed by atoms with E-state index in [1.807, 2.05) is 7.05 Å². The van der Waals surface area contributed by atoms with Gasteiger partial charge in [0.25, 0.3) is 0 Å². The van der Waals surface area contributed by atoms with Crippen molar-refractivity contribution >= 4 is 17.9 Å². The van der Waals surface area contributed by atoms with Gasteiger partial charge < -0.3 is 26.0 Å². The van der Waals surface area contributed by atoms with E-state index in [1.54, 1.807) is 0 Å². The molecule has 3 amide bonds. The molecule has 0 aromatic rings. The van der Waals surface area contributed by atoms with Crippen molar-refractivity contribution in [2.45, 2.75) is 12.5 Å². The normalized spacial score (nSPS) is 19.5. The first-order valence-corrected chi connectivity index (χ1v) is 5.62. The molecule has 8 heteroatoms. The number of rotatable bonds is 5. The molecule has 0 aromatic carbocycles. The van der Waals surface area contributed by atoms with E-state index in [4.69, 9.17) is 10.8 Å². The molecule has 0 saturated carbocycles. The highest BCUT2D eigenvalue weighted by Crippen LogP contribution is 2.06. The zero-order valence-corrected chi connectivity index (χ0v) is 10.3. The molecule has 0 aromatic heterocycles. The Kier molecular flexibility index (Phi) is 4.90. The number of carboxylic acid groups (broad SMARTS) is 1. The number of amides is 3. The van der Waals surface area contributed by atoms with Gasteiger partial charge in [0.1, 0.15) is 13.1 Å². The van der Waals surface area contributed by atoms with Gasteiger partial charge in [-0.3, -0.25) is 9.59 Å². The Morgan fingerprint density at radius 1 is 1.44 bits per heavy atom. The van der Waals surface area contributed by atoms with Crippen LogP contribution in [-0.2, 0) is 9.59 Å². The highest BCUT2D eigenvalue weighted by Gasteiger charge is 2.25. The second-order valence-corrected chi connectivity index (χ2v) is 4.41. The Morgan fingerprint density at radius 3 is 2.56 bits per heavy atom. The topological polar surface area (TPSA) is 116 Å². The number of likely N-dealkylation sites (tertiary alicyclic amines) is 1. The molecular formula is C10H18N4O4. The van der Waals surface area contributed by atoms with E-state index in [0.29, 0.717) is 6.54 Å². The summed E-state index contributed by atoms with van der Waals surface area (Å²) in [5.41, 5.74) is 4.98. The first-order chi connectivity index (χ1) is 8.38. The van der Waals surface area contributed by atoms with Crippen LogP contribution >= 0.6 is 0 Å². The van der Waals surface area contributed by atoms with Gasteiger partial charge in [0.05, 0.1) is 0 Å². The molecule has 102 valence electrons. The molecule has 8 nitrogen and oxygen atoms in total. The predicted molar refractivity (Wildman–Crippen MR) is 62.8 cm³/mol. The van der Waals surface area contributed by atoms with Crippen LogP contribution in [0.4, 0.5) is 4.79 Å². The van der Waals surface area contributed by atoms with E-state index in [2.05, 4.69) is 10.2 Å². The third-order valence-corrected chi connectivity index (χ3v) is 2.68. The lowest BCUT2D eigenvalue weighted by Crippen LogP contribution is -2.50. The lowest BCUT2D eigenvalue weighted by Gasteiger charge is -2.22. The van der Waals surface area contributed by atoms with Gasteiger partial charge in [0, 0.05) is 12.6 Å². The number of hydrogen-bond acceptors (Lipinski definition) is 4. The summed E-state index contributed by atoms with van der Waals surface area (Å²) in [5.74, 6) is -1.93. The Bertz CT molecular complexity index is 331. The van der Waals surface area contributed by atoms with Crippen LogP contribution < -0.4 is 11.1 Å². The fourth-order valence-electron chi connectivity index (χ4n) is 1.87. The Hall–Kier alpha value is -1.83. The van der Waals surface area contributed by atoms with E-state index in [0.717, 1.165) is 17.9 Å². The molecule has 0 spiro atoms. The monoisotopic (exact) mass is 258 g/mol. The van der Waals surface area contributed by atoms with E-state index in [-0.39, 0.29) is 6.04 Å². The number of nitrogens with zero attached hydrogens (tertiary/aromatic N) is 2. The molecular weight excluding hydrogens is 240 g/mol. The fourth-order valence-corrected chi connectivity index (χ4v) is 1.87. The summed E-state index contributed by atoms with van der Waals surface area (Å²) in [6, 6.07) is -0.594. The van der Waals surface area contributed by atoms with Crippen molar-refractivity contribution in [2.75, 3.05) is 33.2 Å². The molecule has 18 heavy (non-hydrogen) atoms. The van der Waals surface area contributed by atoms with Crippen LogP contribution in [0.25, 0.3) is 0 Å². The number of likely N-dealkylation sites (N-methyl/N-ethyl adjacent to an activating group) is 1. The molecule has 0 bridgehead atoms. The molecule has 0 radical (unpaired) electrons. The summed E-state index contributed by atoms with van der Waals surface area (Å²) < 4.78 is 0. The number of urea groups is 1. The van der Waals surface area contributed by atoms with Gasteiger partial charge in [-0.2, -0.15) is 0 Å². The highest BCUT2D eigenvalue weighted by molar-refractivity contribution is 5.86. The molecule has 1 atom stereocenters. The zero-order chi connectivity index (χ0) is 13.7. The highest BCUT2D eigenvalue weighted by atomic mass is 16.4. The molecule has 1 unspecified atom stereocenters. The maximum Gasteiger partial charge on any atom is 0.323 e. The third-order valence-electron chi connectivity index (χ3n) is 2.68. The SMILES string of the molecule is CN1CCC(NC(=O)N(CC(N)=O)CC(=O)O)C1. The molecule has 4 N–H and O–H groups in total. The van der Waals surface area contributed by atoms with Gasteiger partial charge >= 0.3 is 12.0 Å². The first kappa shape index (κ1) is 14.2. The Morgan fingerprint density at radius 2 is 2.11 bits per heavy atom. The molecule has 1 aliphatic heterocycles. The number of nitrogens with one attached hydrogen (secondary N) is 1. The average molecular weight is 258 g/mol. The standard InChI is InChI=1S/C10H18N4O4/c1-13-3-2-7(4-13)12-10(18)14(5-8(11)15)6-9(16)17/h7H,2-6H2,1H3,(H2,11,15)(H,12,18)(H,16,17). The minimum Gasteiger partial charge on any atom is -0.480 e. The van der Waals surface area contributed by atoms with Crippen molar-refractivity contribution < 1.29 is 19.5 Å². The van der Waals surface area contributed by atoms with Crippen molar-refractivity contribution in [1.82, 2.24) is 15.1 Å². The molecule has 1 heterocycles. The number of carbonyl (C=O) groups is 3. The van der Waals surface area contributed by atoms with Gasteiger partial charge in [-0.15, -0.1) is 0 Å². The van der Waals surface area contributed by atoms with Crippen LogP contribution in [0.5, 0.6) is 0 Å². The minimum absolute atomic E-state index is 0.0216. The number of hydrogen-bond donors (Lipinski definition) is 3. The summed E-state index contributed by atoms with van der Waals surface area (Å²) in [6.07, 6.45) is 0.805. The van der Waals surface area contributed by atoms with Crippen molar-refractivity contribution in [3.63, 3.8) is 0 Å². The zero-order valence-electron chi connectivity index (χ0n) is 10.3. The predicted octanol–water partition coefficient (Wildman–Crippen LogP) is -1.73. The van der Waals surface area contributed by atoms with Gasteiger partial charge in [-0.05, 0) is 20.0 Å². The Balaban J connectivity index is 2.52. The lowest BCUT2D eigenvalue weighted by molar-refractivity contribution is -0.137. The second-order valence-electron chi connectivity index (χ2n) is 4.41. The van der Waals surface area contributed by atoms with E-state index in [1.165, 1.54) is 0 Å². The quantitative estimate of drug-likeness (QED) is 0.542. The average Bonchev–Trinajstić information content (AvgIpc) is 2.61. The molecule has 0 aliphatic carbocycles. The number of aliphatic carboxylic acids is 1. The summed E-state index contributed by atoms with van der Waals surface area (Å²) >= 11 is 0. The van der Waals surface area contributed by atoms with E-state index in [9.17, 15) is 14.4 Å². The van der Waals surface area contributed by atoms with Gasteiger partial charge in [0.2, 0.25) is 5.91 Å². The van der Waals surface area contributed by atoms with E-state index < -0.39 is 31.0 Å². The fraction of sp³-hybridized carbons (Fsp3) is 0.700. The van der Waals surface area contributed by atoms with Crippen molar-refractivity contribution in [1.29, 1.82) is 0 Å². The summed E-state index contributed by atoms with van der Waals surface area (Å²) in [7, 11) is 1.94. The number of nitrogens with two attached hydrogens (primary N) is 1. The summed E-state index contributed by atoms with van der Waals surface area (Å²) in [4.78, 5) is 36.1. The number of carbonyl (C=O) groups excluding carboxylic acids is 2. The van der Waals surface area contributed by atoms with Gasteiger partial charge in [-0.25, -0.2) is 4.79 Å². The Labute approximate surface area is 105 Å². The summed E-state index contributed by atoms with van der Waals surface area (Å²) in [6.45, 7) is 0.640. The lowest BCUT2D eigenvalue weighted by atomic mass is 10.3. The van der Waals surface area contributed by atoms with Crippen LogP contribution in [0.1, 0.15) is 6.42 Å². The summed E-state index contributed by atoms with van der Waals surface area (Å²) in [5, 5.41) is 11.4.